The van der Waals surface area contributed by atoms with Gasteiger partial charge in [-0.2, -0.15) is 0 Å². The molecular weight excluding hydrogens is 296 g/mol. The fourth-order valence-corrected chi connectivity index (χ4v) is 2.35. The normalized spacial score (nSPS) is 21.3. The number of carbonyl (C=O) groups is 1. The third-order valence-corrected chi connectivity index (χ3v) is 3.82. The largest absolute Gasteiger partial charge is 0.379 e. The van der Waals surface area contributed by atoms with Crippen LogP contribution in [0.25, 0.3) is 0 Å². The standard InChI is InChI=1S/C16H30N4O3/c1-2-17-16(20-9-8-18-15(21)13-4-5-13)19-7-3-10-23-14-6-11-22-12-14/h13-14H,2-12H2,1H3,(H,18,21)(H2,17,19,20). The predicted molar refractivity (Wildman–Crippen MR) is 89.5 cm³/mol. The molecule has 7 heteroatoms. The smallest absolute Gasteiger partial charge is 0.223 e. The van der Waals surface area contributed by atoms with Crippen molar-refractivity contribution in [1.82, 2.24) is 16.0 Å². The van der Waals surface area contributed by atoms with Crippen LogP contribution in [-0.2, 0) is 14.3 Å². The van der Waals surface area contributed by atoms with Gasteiger partial charge in [-0.3, -0.25) is 9.79 Å². The van der Waals surface area contributed by atoms with E-state index in [1.807, 2.05) is 6.92 Å². The van der Waals surface area contributed by atoms with Crippen LogP contribution in [-0.4, -0.2) is 64.0 Å². The van der Waals surface area contributed by atoms with Crippen molar-refractivity contribution in [1.29, 1.82) is 0 Å². The maximum absolute atomic E-state index is 11.5. The second-order valence-corrected chi connectivity index (χ2v) is 5.96. The van der Waals surface area contributed by atoms with E-state index in [4.69, 9.17) is 9.47 Å². The van der Waals surface area contributed by atoms with Gasteiger partial charge in [0.1, 0.15) is 0 Å². The third-order valence-electron chi connectivity index (χ3n) is 3.82. The Morgan fingerprint density at radius 2 is 2.04 bits per heavy atom. The Kier molecular flexibility index (Phi) is 8.17. The van der Waals surface area contributed by atoms with E-state index in [-0.39, 0.29) is 17.9 Å². The molecule has 1 aliphatic carbocycles. The Labute approximate surface area is 138 Å². The van der Waals surface area contributed by atoms with E-state index in [0.29, 0.717) is 19.7 Å². The Morgan fingerprint density at radius 3 is 2.74 bits per heavy atom. The first-order chi connectivity index (χ1) is 11.3. The van der Waals surface area contributed by atoms with Crippen LogP contribution in [0.15, 0.2) is 4.99 Å². The zero-order chi connectivity index (χ0) is 16.3. The van der Waals surface area contributed by atoms with Crippen molar-refractivity contribution in [2.75, 3.05) is 46.0 Å². The molecule has 1 saturated carbocycles. The molecule has 132 valence electrons. The molecule has 23 heavy (non-hydrogen) atoms. The van der Waals surface area contributed by atoms with Crippen molar-refractivity contribution in [3.63, 3.8) is 0 Å². The number of nitrogens with zero attached hydrogens (tertiary/aromatic N) is 1. The molecular formula is C16H30N4O3. The lowest BCUT2D eigenvalue weighted by molar-refractivity contribution is -0.122. The van der Waals surface area contributed by atoms with Gasteiger partial charge in [0.15, 0.2) is 5.96 Å². The Balaban J connectivity index is 1.52. The highest BCUT2D eigenvalue weighted by molar-refractivity contribution is 5.81. The van der Waals surface area contributed by atoms with Crippen LogP contribution in [0.5, 0.6) is 0 Å². The summed E-state index contributed by atoms with van der Waals surface area (Å²) in [6.07, 6.45) is 4.24. The number of nitrogens with one attached hydrogen (secondary N) is 3. The van der Waals surface area contributed by atoms with Gasteiger partial charge in [-0.15, -0.1) is 0 Å². The molecule has 0 aromatic heterocycles. The van der Waals surface area contributed by atoms with Gasteiger partial charge >= 0.3 is 0 Å². The number of aliphatic imine (C=N–C) groups is 1. The number of hydrogen-bond acceptors (Lipinski definition) is 4. The minimum Gasteiger partial charge on any atom is -0.379 e. The Hall–Kier alpha value is -1.34. The lowest BCUT2D eigenvalue weighted by Gasteiger charge is -2.12. The van der Waals surface area contributed by atoms with E-state index in [1.165, 1.54) is 0 Å². The molecule has 0 bridgehead atoms. The zero-order valence-corrected chi connectivity index (χ0v) is 14.1. The second-order valence-electron chi connectivity index (χ2n) is 5.96. The SMILES string of the molecule is CCNC(=NCCCOC1CCOC1)NCCNC(=O)C1CC1. The number of hydrogen-bond donors (Lipinski definition) is 3. The van der Waals surface area contributed by atoms with Gasteiger partial charge in [0.2, 0.25) is 5.91 Å². The monoisotopic (exact) mass is 326 g/mol. The van der Waals surface area contributed by atoms with Crippen molar-refractivity contribution in [3.05, 3.63) is 0 Å². The summed E-state index contributed by atoms with van der Waals surface area (Å²) >= 11 is 0. The second kappa shape index (κ2) is 10.4. The molecule has 1 amide bonds. The number of carbonyl (C=O) groups excluding carboxylic acids is 1. The molecule has 1 saturated heterocycles. The first kappa shape index (κ1) is 18.0. The van der Waals surface area contributed by atoms with Gasteiger partial charge in [-0.05, 0) is 32.6 Å². The maximum Gasteiger partial charge on any atom is 0.223 e. The van der Waals surface area contributed by atoms with Gasteiger partial charge < -0.3 is 25.4 Å². The lowest BCUT2D eigenvalue weighted by Crippen LogP contribution is -2.41. The summed E-state index contributed by atoms with van der Waals surface area (Å²) in [6.45, 7) is 7.14. The zero-order valence-electron chi connectivity index (χ0n) is 14.1. The molecule has 2 aliphatic rings. The molecule has 1 aliphatic heterocycles. The summed E-state index contributed by atoms with van der Waals surface area (Å²) < 4.78 is 11.0. The fraction of sp³-hybridized carbons (Fsp3) is 0.875. The number of ether oxygens (including phenoxy) is 2. The first-order valence-corrected chi connectivity index (χ1v) is 8.79. The first-order valence-electron chi connectivity index (χ1n) is 8.79. The van der Waals surface area contributed by atoms with E-state index in [2.05, 4.69) is 20.9 Å². The fourth-order valence-electron chi connectivity index (χ4n) is 2.35. The summed E-state index contributed by atoms with van der Waals surface area (Å²) in [5, 5.41) is 9.37. The molecule has 0 radical (unpaired) electrons. The molecule has 2 rings (SSSR count). The van der Waals surface area contributed by atoms with E-state index < -0.39 is 0 Å². The molecule has 1 heterocycles. The summed E-state index contributed by atoms with van der Waals surface area (Å²) in [5.74, 6) is 1.24. The molecule has 1 unspecified atom stereocenters. The Morgan fingerprint density at radius 1 is 1.22 bits per heavy atom. The summed E-state index contributed by atoms with van der Waals surface area (Å²) in [5.41, 5.74) is 0. The summed E-state index contributed by atoms with van der Waals surface area (Å²) in [6, 6.07) is 0. The molecule has 0 spiro atoms. The average Bonchev–Trinajstić information content (AvgIpc) is 3.28. The van der Waals surface area contributed by atoms with E-state index in [0.717, 1.165) is 57.9 Å². The van der Waals surface area contributed by atoms with Gasteiger partial charge in [0.05, 0.1) is 12.7 Å². The molecule has 0 aromatic rings. The van der Waals surface area contributed by atoms with Crippen LogP contribution in [0, 0.1) is 5.92 Å². The number of guanidine groups is 1. The summed E-state index contributed by atoms with van der Waals surface area (Å²) in [4.78, 5) is 16.0. The molecule has 3 N–H and O–H groups in total. The van der Waals surface area contributed by atoms with Gasteiger partial charge in [0.25, 0.3) is 0 Å². The van der Waals surface area contributed by atoms with Gasteiger partial charge in [0, 0.05) is 45.3 Å². The van der Waals surface area contributed by atoms with E-state index in [1.54, 1.807) is 0 Å². The highest BCUT2D eigenvalue weighted by Gasteiger charge is 2.28. The quantitative estimate of drug-likeness (QED) is 0.305. The lowest BCUT2D eigenvalue weighted by atomic mass is 10.3. The van der Waals surface area contributed by atoms with E-state index in [9.17, 15) is 4.79 Å². The maximum atomic E-state index is 11.5. The van der Waals surface area contributed by atoms with Crippen LogP contribution < -0.4 is 16.0 Å². The van der Waals surface area contributed by atoms with E-state index >= 15 is 0 Å². The van der Waals surface area contributed by atoms with Crippen LogP contribution in [0.2, 0.25) is 0 Å². The average molecular weight is 326 g/mol. The van der Waals surface area contributed by atoms with Crippen LogP contribution >= 0.6 is 0 Å². The van der Waals surface area contributed by atoms with Crippen LogP contribution in [0.1, 0.15) is 32.6 Å². The topological polar surface area (TPSA) is 84.0 Å². The minimum absolute atomic E-state index is 0.182. The van der Waals surface area contributed by atoms with Gasteiger partial charge in [-0.25, -0.2) is 0 Å². The molecule has 0 aromatic carbocycles. The van der Waals surface area contributed by atoms with Gasteiger partial charge in [-0.1, -0.05) is 0 Å². The third kappa shape index (κ3) is 7.65. The van der Waals surface area contributed by atoms with Crippen molar-refractivity contribution in [2.24, 2.45) is 10.9 Å². The molecule has 1 atom stereocenters. The minimum atomic E-state index is 0.182. The van der Waals surface area contributed by atoms with Crippen molar-refractivity contribution < 1.29 is 14.3 Å². The molecule has 7 nitrogen and oxygen atoms in total. The highest BCUT2D eigenvalue weighted by atomic mass is 16.5. The van der Waals surface area contributed by atoms with Crippen molar-refractivity contribution in [3.8, 4) is 0 Å². The van der Waals surface area contributed by atoms with Crippen molar-refractivity contribution in [2.45, 2.75) is 38.7 Å². The Bertz CT molecular complexity index is 380. The van der Waals surface area contributed by atoms with Crippen LogP contribution in [0.3, 0.4) is 0 Å². The van der Waals surface area contributed by atoms with Crippen LogP contribution in [0.4, 0.5) is 0 Å². The van der Waals surface area contributed by atoms with Crippen molar-refractivity contribution >= 4 is 11.9 Å². The number of rotatable bonds is 10. The summed E-state index contributed by atoms with van der Waals surface area (Å²) in [7, 11) is 0. The number of amides is 1. The predicted octanol–water partition coefficient (Wildman–Crippen LogP) is 0.263. The highest BCUT2D eigenvalue weighted by Crippen LogP contribution is 2.28. The molecule has 2 fully saturated rings.